The number of morpholine rings is 1. The van der Waals surface area contributed by atoms with Gasteiger partial charge in [0, 0.05) is 23.8 Å². The van der Waals surface area contributed by atoms with Gasteiger partial charge in [0.2, 0.25) is 5.95 Å². The first kappa shape index (κ1) is 18.5. The van der Waals surface area contributed by atoms with E-state index in [0.29, 0.717) is 16.8 Å². The Labute approximate surface area is 168 Å². The van der Waals surface area contributed by atoms with E-state index in [1.165, 1.54) is 0 Å². The predicted molar refractivity (Wildman–Crippen MR) is 112 cm³/mol. The number of nitrogens with zero attached hydrogens (tertiary/aromatic N) is 4. The third kappa shape index (κ3) is 4.32. The van der Waals surface area contributed by atoms with Crippen molar-refractivity contribution in [3.63, 3.8) is 0 Å². The van der Waals surface area contributed by atoms with E-state index in [-0.39, 0.29) is 0 Å². The normalized spacial score (nSPS) is 14.0. The lowest BCUT2D eigenvalue weighted by atomic mass is 10.2. The van der Waals surface area contributed by atoms with Crippen LogP contribution >= 0.6 is 11.6 Å². The maximum absolute atomic E-state index is 6.02. The molecule has 0 aliphatic carbocycles. The summed E-state index contributed by atoms with van der Waals surface area (Å²) < 4.78 is 5.46. The van der Waals surface area contributed by atoms with Crippen molar-refractivity contribution in [1.82, 2.24) is 15.2 Å². The highest BCUT2D eigenvalue weighted by Crippen LogP contribution is 2.29. The number of hydrogen-bond acceptors (Lipinski definition) is 7. The van der Waals surface area contributed by atoms with E-state index in [4.69, 9.17) is 16.3 Å². The molecule has 2 heterocycles. The summed E-state index contributed by atoms with van der Waals surface area (Å²) in [5.74, 6) is 1.03. The molecule has 0 bridgehead atoms. The van der Waals surface area contributed by atoms with Gasteiger partial charge < -0.3 is 20.3 Å². The Kier molecular flexibility index (Phi) is 5.55. The minimum Gasteiger partial charge on any atom is -0.378 e. The molecule has 1 aliphatic heterocycles. The molecule has 0 saturated carbocycles. The van der Waals surface area contributed by atoms with Crippen molar-refractivity contribution in [1.29, 1.82) is 0 Å². The second-order valence-corrected chi connectivity index (χ2v) is 6.93. The van der Waals surface area contributed by atoms with Crippen LogP contribution in [0.15, 0.2) is 48.7 Å². The number of ether oxygens (including phenoxy) is 1. The van der Waals surface area contributed by atoms with Crippen LogP contribution in [0.2, 0.25) is 5.02 Å². The molecule has 1 aromatic heterocycles. The van der Waals surface area contributed by atoms with Gasteiger partial charge in [0.25, 0.3) is 0 Å². The number of nitrogens with one attached hydrogen (secondary N) is 2. The Morgan fingerprint density at radius 1 is 1.04 bits per heavy atom. The van der Waals surface area contributed by atoms with E-state index in [1.54, 1.807) is 6.20 Å². The Morgan fingerprint density at radius 3 is 2.68 bits per heavy atom. The third-order valence-electron chi connectivity index (χ3n) is 4.51. The van der Waals surface area contributed by atoms with Crippen LogP contribution < -0.4 is 15.5 Å². The van der Waals surface area contributed by atoms with Gasteiger partial charge in [0.05, 0.1) is 30.8 Å². The topological polar surface area (TPSA) is 75.2 Å². The first-order valence-corrected chi connectivity index (χ1v) is 9.48. The zero-order chi connectivity index (χ0) is 19.3. The highest BCUT2D eigenvalue weighted by molar-refractivity contribution is 6.30. The molecule has 1 saturated heterocycles. The van der Waals surface area contributed by atoms with Gasteiger partial charge in [-0.05, 0) is 42.8 Å². The first-order valence-electron chi connectivity index (χ1n) is 9.11. The van der Waals surface area contributed by atoms with Gasteiger partial charge in [-0.3, -0.25) is 0 Å². The summed E-state index contributed by atoms with van der Waals surface area (Å²) in [4.78, 5) is 6.84. The summed E-state index contributed by atoms with van der Waals surface area (Å²) in [7, 11) is 0. The molecule has 28 heavy (non-hydrogen) atoms. The smallest absolute Gasteiger partial charge is 0.249 e. The van der Waals surface area contributed by atoms with E-state index in [1.807, 2.05) is 43.3 Å². The number of rotatable bonds is 5. The van der Waals surface area contributed by atoms with Crippen LogP contribution in [0.1, 0.15) is 5.56 Å². The largest absolute Gasteiger partial charge is 0.378 e. The zero-order valence-electron chi connectivity index (χ0n) is 15.5. The molecule has 2 aromatic carbocycles. The molecule has 1 fully saturated rings. The molecule has 7 nitrogen and oxygen atoms in total. The molecule has 144 valence electrons. The monoisotopic (exact) mass is 396 g/mol. The lowest BCUT2D eigenvalue weighted by molar-refractivity contribution is 0.123. The molecule has 4 rings (SSSR count). The maximum atomic E-state index is 6.02. The Balaban J connectivity index is 1.54. The van der Waals surface area contributed by atoms with Gasteiger partial charge in [0.15, 0.2) is 5.82 Å². The maximum Gasteiger partial charge on any atom is 0.249 e. The molecule has 0 atom stereocenters. The molecule has 2 N–H and O–H groups in total. The van der Waals surface area contributed by atoms with Crippen LogP contribution in [0.4, 0.5) is 28.8 Å². The van der Waals surface area contributed by atoms with Crippen LogP contribution in [0.3, 0.4) is 0 Å². The van der Waals surface area contributed by atoms with Crippen molar-refractivity contribution in [2.45, 2.75) is 6.92 Å². The second-order valence-electron chi connectivity index (χ2n) is 6.49. The van der Waals surface area contributed by atoms with Crippen LogP contribution in [0.5, 0.6) is 0 Å². The zero-order valence-corrected chi connectivity index (χ0v) is 16.3. The van der Waals surface area contributed by atoms with Crippen LogP contribution in [0.25, 0.3) is 0 Å². The van der Waals surface area contributed by atoms with Crippen molar-refractivity contribution in [2.24, 2.45) is 0 Å². The number of aryl methyl sites for hydroxylation is 1. The summed E-state index contributed by atoms with van der Waals surface area (Å²) in [6.07, 6.45) is 1.61. The molecular weight excluding hydrogens is 376 g/mol. The van der Waals surface area contributed by atoms with Gasteiger partial charge in [-0.1, -0.05) is 23.7 Å². The van der Waals surface area contributed by atoms with Gasteiger partial charge in [0.1, 0.15) is 0 Å². The highest BCUT2D eigenvalue weighted by Gasteiger charge is 2.15. The molecule has 8 heteroatoms. The number of aromatic nitrogens is 3. The van der Waals surface area contributed by atoms with Gasteiger partial charge >= 0.3 is 0 Å². The molecule has 0 amide bonds. The molecular formula is C20H21ClN6O. The molecule has 0 radical (unpaired) electrons. The number of halogens is 1. The summed E-state index contributed by atoms with van der Waals surface area (Å²) in [6.45, 7) is 5.17. The molecule has 1 aliphatic rings. The Hall–Kier alpha value is -2.90. The summed E-state index contributed by atoms with van der Waals surface area (Å²) in [6, 6.07) is 13.8. The minimum absolute atomic E-state index is 0.416. The second kappa shape index (κ2) is 8.41. The van der Waals surface area contributed by atoms with Gasteiger partial charge in [-0.15, -0.1) is 5.10 Å². The van der Waals surface area contributed by atoms with Crippen LogP contribution in [-0.2, 0) is 4.74 Å². The summed E-state index contributed by atoms with van der Waals surface area (Å²) in [5, 5.41) is 15.4. The van der Waals surface area contributed by atoms with Crippen LogP contribution in [-0.4, -0.2) is 41.5 Å². The summed E-state index contributed by atoms with van der Waals surface area (Å²) in [5.41, 5.74) is 3.98. The van der Waals surface area contributed by atoms with Gasteiger partial charge in [-0.25, -0.2) is 0 Å². The molecule has 3 aromatic rings. The quantitative estimate of drug-likeness (QED) is 0.670. The lowest BCUT2D eigenvalue weighted by Crippen LogP contribution is -2.36. The Bertz CT molecular complexity index is 961. The van der Waals surface area contributed by atoms with Crippen molar-refractivity contribution < 1.29 is 4.74 Å². The Morgan fingerprint density at radius 2 is 1.86 bits per heavy atom. The average molecular weight is 397 g/mol. The van der Waals surface area contributed by atoms with E-state index in [9.17, 15) is 0 Å². The average Bonchev–Trinajstić information content (AvgIpc) is 2.72. The predicted octanol–water partition coefficient (Wildman–Crippen LogP) is 4.16. The number of anilines is 5. The van der Waals surface area contributed by atoms with E-state index >= 15 is 0 Å². The van der Waals surface area contributed by atoms with Gasteiger partial charge in [-0.2, -0.15) is 10.1 Å². The highest BCUT2D eigenvalue weighted by atomic mass is 35.5. The van der Waals surface area contributed by atoms with Crippen molar-refractivity contribution in [3.05, 3.63) is 59.2 Å². The van der Waals surface area contributed by atoms with Crippen molar-refractivity contribution in [3.8, 4) is 0 Å². The van der Waals surface area contributed by atoms with Crippen molar-refractivity contribution >= 4 is 40.4 Å². The van der Waals surface area contributed by atoms with Crippen LogP contribution in [0, 0.1) is 6.92 Å². The molecule has 0 spiro atoms. The first-order chi connectivity index (χ1) is 13.7. The van der Waals surface area contributed by atoms with E-state index < -0.39 is 0 Å². The standard InChI is InChI=1S/C20H21ClN6O/c1-14-12-15(21)6-7-16(14)24-20-25-19(13-22-26-20)23-17-4-2-3-5-18(17)27-8-10-28-11-9-27/h2-7,12-13H,8-11H2,1H3,(H2,23,24,25,26). The number of para-hydroxylation sites is 2. The van der Waals surface area contributed by atoms with E-state index in [0.717, 1.165) is 48.9 Å². The fraction of sp³-hybridized carbons (Fsp3) is 0.250. The summed E-state index contributed by atoms with van der Waals surface area (Å²) >= 11 is 6.02. The fourth-order valence-electron chi connectivity index (χ4n) is 3.10. The number of benzene rings is 2. The SMILES string of the molecule is Cc1cc(Cl)ccc1Nc1nncc(Nc2ccccc2N2CCOCC2)n1. The van der Waals surface area contributed by atoms with E-state index in [2.05, 4.69) is 36.8 Å². The fourth-order valence-corrected chi connectivity index (χ4v) is 3.33. The van der Waals surface area contributed by atoms with Crippen molar-refractivity contribution in [2.75, 3.05) is 41.8 Å². The molecule has 0 unspecified atom stereocenters. The number of hydrogen-bond donors (Lipinski definition) is 2. The third-order valence-corrected chi connectivity index (χ3v) is 4.75. The minimum atomic E-state index is 0.416. The lowest BCUT2D eigenvalue weighted by Gasteiger charge is -2.30.